The minimum atomic E-state index is 0.770. The number of rotatable bonds is 1. The molecule has 0 fully saturated rings. The Bertz CT molecular complexity index is 1020. The fourth-order valence-electron chi connectivity index (χ4n) is 2.86. The molecule has 0 atom stereocenters. The van der Waals surface area contributed by atoms with Crippen molar-refractivity contribution in [2.75, 3.05) is 0 Å². The van der Waals surface area contributed by atoms with E-state index >= 15 is 0 Å². The van der Waals surface area contributed by atoms with Crippen molar-refractivity contribution in [2.45, 2.75) is 6.92 Å². The van der Waals surface area contributed by atoms with E-state index in [1.807, 2.05) is 49.1 Å². The first-order valence-corrected chi connectivity index (χ1v) is 7.50. The lowest BCUT2D eigenvalue weighted by Crippen LogP contribution is -1.93. The van der Waals surface area contributed by atoms with Crippen molar-refractivity contribution in [3.63, 3.8) is 0 Å². The van der Waals surface area contributed by atoms with Crippen molar-refractivity contribution in [1.29, 1.82) is 0 Å². The van der Waals surface area contributed by atoms with Crippen molar-refractivity contribution in [3.8, 4) is 11.3 Å². The number of pyridine rings is 1. The molecule has 0 aliphatic rings. The average molecular weight is 308 g/mol. The molecule has 2 aromatic heterocycles. The van der Waals surface area contributed by atoms with Crippen LogP contribution >= 0.6 is 11.6 Å². The predicted octanol–water partition coefficient (Wildman–Crippen LogP) is 4.75. The van der Waals surface area contributed by atoms with E-state index in [4.69, 9.17) is 16.6 Å². The quantitative estimate of drug-likeness (QED) is 0.508. The molecule has 2 aromatic carbocycles. The van der Waals surface area contributed by atoms with E-state index in [0.717, 1.165) is 43.6 Å². The summed E-state index contributed by atoms with van der Waals surface area (Å²) in [6, 6.07) is 14.2. The molecule has 4 rings (SSSR count). The molecule has 0 N–H and O–H groups in total. The van der Waals surface area contributed by atoms with Crippen LogP contribution in [0, 0.1) is 6.92 Å². The highest BCUT2D eigenvalue weighted by Crippen LogP contribution is 2.33. The standard InChI is InChI=1S/C18H14ClN3/c1-11-17(19)14-5-3-4-6-15(14)21-18(11)12-7-8-16-13(9-12)10-20-22(16)2/h3-10H,1-2H3. The Morgan fingerprint density at radius 2 is 1.91 bits per heavy atom. The minimum Gasteiger partial charge on any atom is -0.268 e. The van der Waals surface area contributed by atoms with Crippen LogP contribution in [0.1, 0.15) is 5.56 Å². The van der Waals surface area contributed by atoms with E-state index in [9.17, 15) is 0 Å². The van der Waals surface area contributed by atoms with Gasteiger partial charge in [0.2, 0.25) is 0 Å². The maximum Gasteiger partial charge on any atom is 0.0753 e. The first-order valence-electron chi connectivity index (χ1n) is 7.12. The van der Waals surface area contributed by atoms with Crippen LogP contribution in [0.3, 0.4) is 0 Å². The van der Waals surface area contributed by atoms with Crippen molar-refractivity contribution in [2.24, 2.45) is 7.05 Å². The summed E-state index contributed by atoms with van der Waals surface area (Å²) in [5.41, 5.74) is 5.01. The SMILES string of the molecule is Cc1c(-c2ccc3c(cnn3C)c2)nc2ccccc2c1Cl. The molecule has 108 valence electrons. The fourth-order valence-corrected chi connectivity index (χ4v) is 3.11. The van der Waals surface area contributed by atoms with Gasteiger partial charge in [-0.05, 0) is 30.7 Å². The van der Waals surface area contributed by atoms with Gasteiger partial charge in [-0.1, -0.05) is 35.9 Å². The summed E-state index contributed by atoms with van der Waals surface area (Å²) in [4.78, 5) is 4.81. The molecule has 0 amide bonds. The van der Waals surface area contributed by atoms with Crippen LogP contribution in [0.2, 0.25) is 5.02 Å². The molecule has 0 aliphatic carbocycles. The maximum absolute atomic E-state index is 6.55. The Morgan fingerprint density at radius 1 is 1.09 bits per heavy atom. The van der Waals surface area contributed by atoms with Crippen LogP contribution in [0.4, 0.5) is 0 Å². The number of halogens is 1. The van der Waals surface area contributed by atoms with Crippen LogP contribution in [0.5, 0.6) is 0 Å². The summed E-state index contributed by atoms with van der Waals surface area (Å²) in [6.07, 6.45) is 1.87. The molecule has 0 aliphatic heterocycles. The van der Waals surface area contributed by atoms with Crippen molar-refractivity contribution >= 4 is 33.4 Å². The number of aromatic nitrogens is 3. The number of hydrogen-bond donors (Lipinski definition) is 0. The Kier molecular flexibility index (Phi) is 2.91. The van der Waals surface area contributed by atoms with Crippen molar-refractivity contribution in [3.05, 3.63) is 59.2 Å². The largest absolute Gasteiger partial charge is 0.268 e. The van der Waals surface area contributed by atoms with E-state index in [1.54, 1.807) is 0 Å². The molecular weight excluding hydrogens is 294 g/mol. The van der Waals surface area contributed by atoms with Crippen molar-refractivity contribution < 1.29 is 0 Å². The zero-order chi connectivity index (χ0) is 15.3. The molecule has 0 saturated carbocycles. The maximum atomic E-state index is 6.55. The van der Waals surface area contributed by atoms with Gasteiger partial charge in [0.15, 0.2) is 0 Å². The number of nitrogens with zero attached hydrogens (tertiary/aromatic N) is 3. The van der Waals surface area contributed by atoms with Gasteiger partial charge >= 0.3 is 0 Å². The van der Waals surface area contributed by atoms with Crippen molar-refractivity contribution in [1.82, 2.24) is 14.8 Å². The zero-order valence-corrected chi connectivity index (χ0v) is 13.1. The first-order chi connectivity index (χ1) is 10.6. The fraction of sp³-hybridized carbons (Fsp3) is 0.111. The number of fused-ring (bicyclic) bond motifs is 2. The lowest BCUT2D eigenvalue weighted by Gasteiger charge is -2.10. The van der Waals surface area contributed by atoms with Gasteiger partial charge in [0.25, 0.3) is 0 Å². The topological polar surface area (TPSA) is 30.7 Å². The molecular formula is C18H14ClN3. The van der Waals surface area contributed by atoms with Gasteiger partial charge in [0.1, 0.15) is 0 Å². The lowest BCUT2D eigenvalue weighted by molar-refractivity contribution is 0.797. The minimum absolute atomic E-state index is 0.770. The molecule has 0 bridgehead atoms. The number of para-hydroxylation sites is 1. The molecule has 0 saturated heterocycles. The van der Waals surface area contributed by atoms with Gasteiger partial charge in [0, 0.05) is 23.4 Å². The molecule has 4 heteroatoms. The normalized spacial score (nSPS) is 11.4. The summed E-state index contributed by atoms with van der Waals surface area (Å²) in [5, 5.41) is 7.16. The Hall–Kier alpha value is -2.39. The third-order valence-corrected chi connectivity index (χ3v) is 4.56. The number of hydrogen-bond acceptors (Lipinski definition) is 2. The highest BCUT2D eigenvalue weighted by Gasteiger charge is 2.12. The zero-order valence-electron chi connectivity index (χ0n) is 12.3. The smallest absolute Gasteiger partial charge is 0.0753 e. The number of aryl methyl sites for hydroxylation is 1. The van der Waals surface area contributed by atoms with Crippen LogP contribution in [-0.4, -0.2) is 14.8 Å². The highest BCUT2D eigenvalue weighted by atomic mass is 35.5. The molecule has 22 heavy (non-hydrogen) atoms. The first kappa shape index (κ1) is 13.3. The van der Waals surface area contributed by atoms with Gasteiger partial charge in [-0.15, -0.1) is 0 Å². The Labute approximate surface area is 133 Å². The van der Waals surface area contributed by atoms with Crippen LogP contribution in [0.15, 0.2) is 48.7 Å². The van der Waals surface area contributed by atoms with E-state index in [1.165, 1.54) is 0 Å². The van der Waals surface area contributed by atoms with Crippen LogP contribution in [0.25, 0.3) is 33.1 Å². The molecule has 3 nitrogen and oxygen atoms in total. The van der Waals surface area contributed by atoms with Gasteiger partial charge in [-0.3, -0.25) is 4.68 Å². The number of benzene rings is 2. The summed E-state index contributed by atoms with van der Waals surface area (Å²) < 4.78 is 1.87. The lowest BCUT2D eigenvalue weighted by atomic mass is 10.0. The van der Waals surface area contributed by atoms with E-state index < -0.39 is 0 Å². The van der Waals surface area contributed by atoms with Crippen LogP contribution in [-0.2, 0) is 7.05 Å². The second kappa shape index (κ2) is 4.82. The average Bonchev–Trinajstić information content (AvgIpc) is 2.91. The Balaban J connectivity index is 2.00. The monoisotopic (exact) mass is 307 g/mol. The van der Waals surface area contributed by atoms with Gasteiger partial charge in [-0.2, -0.15) is 5.10 Å². The summed E-state index contributed by atoms with van der Waals surface area (Å²) >= 11 is 6.55. The second-order valence-corrected chi connectivity index (χ2v) is 5.84. The second-order valence-electron chi connectivity index (χ2n) is 5.46. The summed E-state index contributed by atoms with van der Waals surface area (Å²) in [6.45, 7) is 2.02. The van der Waals surface area contributed by atoms with Gasteiger partial charge in [-0.25, -0.2) is 4.98 Å². The van der Waals surface area contributed by atoms with Gasteiger partial charge < -0.3 is 0 Å². The third-order valence-electron chi connectivity index (χ3n) is 4.08. The third kappa shape index (κ3) is 1.90. The van der Waals surface area contributed by atoms with Gasteiger partial charge in [0.05, 0.1) is 27.9 Å². The highest BCUT2D eigenvalue weighted by molar-refractivity contribution is 6.36. The molecule has 0 unspecified atom stereocenters. The molecule has 0 spiro atoms. The van der Waals surface area contributed by atoms with Crippen LogP contribution < -0.4 is 0 Å². The van der Waals surface area contributed by atoms with E-state index in [0.29, 0.717) is 0 Å². The van der Waals surface area contributed by atoms with E-state index in [-0.39, 0.29) is 0 Å². The predicted molar refractivity (Wildman–Crippen MR) is 91.2 cm³/mol. The molecule has 0 radical (unpaired) electrons. The van der Waals surface area contributed by atoms with E-state index in [2.05, 4.69) is 23.3 Å². The Morgan fingerprint density at radius 3 is 2.77 bits per heavy atom. The molecule has 4 aromatic rings. The molecule has 2 heterocycles. The summed E-state index contributed by atoms with van der Waals surface area (Å²) in [5.74, 6) is 0. The summed E-state index contributed by atoms with van der Waals surface area (Å²) in [7, 11) is 1.94.